The fourth-order valence-electron chi connectivity index (χ4n) is 1.55. The highest BCUT2D eigenvalue weighted by Crippen LogP contribution is 2.28. The highest BCUT2D eigenvalue weighted by Gasteiger charge is 2.11. The lowest BCUT2D eigenvalue weighted by Gasteiger charge is -2.24. The first kappa shape index (κ1) is 12.5. The molecule has 2 nitrogen and oxygen atoms in total. The maximum absolute atomic E-state index is 3.52. The second-order valence-electron chi connectivity index (χ2n) is 3.73. The number of nitrogens with zero attached hydrogens (tertiary/aromatic N) is 1. The van der Waals surface area contributed by atoms with E-state index in [2.05, 4.69) is 65.2 Å². The molecule has 1 unspecified atom stereocenters. The van der Waals surface area contributed by atoms with E-state index in [1.165, 1.54) is 11.3 Å². The van der Waals surface area contributed by atoms with Gasteiger partial charge in [0.05, 0.1) is 0 Å². The molecule has 0 radical (unpaired) electrons. The molecule has 0 aliphatic rings. The smallest absolute Gasteiger partial charge is 0.0412 e. The monoisotopic (exact) mass is 270 g/mol. The Morgan fingerprint density at radius 3 is 2.67 bits per heavy atom. The lowest BCUT2D eigenvalue weighted by molar-refractivity contribution is 0.650. The number of benzene rings is 1. The van der Waals surface area contributed by atoms with E-state index in [-0.39, 0.29) is 0 Å². The third kappa shape index (κ3) is 2.95. The molecule has 0 aliphatic carbocycles. The molecule has 84 valence electrons. The molecule has 1 rings (SSSR count). The van der Waals surface area contributed by atoms with Crippen molar-refractivity contribution in [1.29, 1.82) is 0 Å². The minimum absolute atomic E-state index is 0.367. The molecule has 1 aromatic rings. The molecule has 0 saturated heterocycles. The average molecular weight is 271 g/mol. The standard InChI is InChI=1S/C12H19BrN2/c1-5-15(4)12-7-6-10(13)8-11(12)9(2)14-3/h6-9,14H,5H2,1-4H3. The molecule has 15 heavy (non-hydrogen) atoms. The van der Waals surface area contributed by atoms with Crippen LogP contribution in [0, 0.1) is 0 Å². The summed E-state index contributed by atoms with van der Waals surface area (Å²) in [4.78, 5) is 2.26. The van der Waals surface area contributed by atoms with Gasteiger partial charge in [-0.05, 0) is 44.7 Å². The summed E-state index contributed by atoms with van der Waals surface area (Å²) >= 11 is 3.52. The summed E-state index contributed by atoms with van der Waals surface area (Å²) in [6.07, 6.45) is 0. The summed E-state index contributed by atoms with van der Waals surface area (Å²) in [5, 5.41) is 3.28. The minimum atomic E-state index is 0.367. The Morgan fingerprint density at radius 2 is 2.13 bits per heavy atom. The quantitative estimate of drug-likeness (QED) is 0.904. The van der Waals surface area contributed by atoms with Gasteiger partial charge in [0.2, 0.25) is 0 Å². The summed E-state index contributed by atoms with van der Waals surface area (Å²) in [5.41, 5.74) is 2.62. The predicted molar refractivity (Wildman–Crippen MR) is 70.6 cm³/mol. The average Bonchev–Trinajstić information content (AvgIpc) is 2.26. The fourth-order valence-corrected chi connectivity index (χ4v) is 1.92. The van der Waals surface area contributed by atoms with E-state index in [9.17, 15) is 0 Å². The van der Waals surface area contributed by atoms with Gasteiger partial charge in [0.15, 0.2) is 0 Å². The van der Waals surface area contributed by atoms with Gasteiger partial charge in [-0.1, -0.05) is 15.9 Å². The topological polar surface area (TPSA) is 15.3 Å². The van der Waals surface area contributed by atoms with Gasteiger partial charge in [0, 0.05) is 29.8 Å². The van der Waals surface area contributed by atoms with Gasteiger partial charge in [0.25, 0.3) is 0 Å². The maximum atomic E-state index is 3.52. The normalized spacial score (nSPS) is 12.6. The highest BCUT2D eigenvalue weighted by atomic mass is 79.9. The van der Waals surface area contributed by atoms with Gasteiger partial charge >= 0.3 is 0 Å². The van der Waals surface area contributed by atoms with Crippen LogP contribution >= 0.6 is 15.9 Å². The van der Waals surface area contributed by atoms with Crippen molar-refractivity contribution in [2.24, 2.45) is 0 Å². The van der Waals surface area contributed by atoms with Gasteiger partial charge in [-0.2, -0.15) is 0 Å². The van der Waals surface area contributed by atoms with E-state index in [4.69, 9.17) is 0 Å². The third-order valence-electron chi connectivity index (χ3n) is 2.77. The van der Waals surface area contributed by atoms with Crippen molar-refractivity contribution < 1.29 is 0 Å². The molecule has 0 saturated carbocycles. The first-order chi connectivity index (χ1) is 7.10. The van der Waals surface area contributed by atoms with E-state index in [0.29, 0.717) is 6.04 Å². The van der Waals surface area contributed by atoms with Gasteiger partial charge in [0.1, 0.15) is 0 Å². The van der Waals surface area contributed by atoms with Gasteiger partial charge in [-0.15, -0.1) is 0 Å². The molecule has 1 N–H and O–H groups in total. The SMILES string of the molecule is CCN(C)c1ccc(Br)cc1C(C)NC. The summed E-state index contributed by atoms with van der Waals surface area (Å²) in [5.74, 6) is 0. The van der Waals surface area contributed by atoms with E-state index < -0.39 is 0 Å². The van der Waals surface area contributed by atoms with E-state index in [0.717, 1.165) is 11.0 Å². The number of nitrogens with one attached hydrogen (secondary N) is 1. The van der Waals surface area contributed by atoms with Crippen molar-refractivity contribution >= 4 is 21.6 Å². The first-order valence-electron chi connectivity index (χ1n) is 5.28. The molecule has 0 heterocycles. The number of rotatable bonds is 4. The molecule has 0 aliphatic heterocycles. The van der Waals surface area contributed by atoms with Crippen LogP contribution in [0.4, 0.5) is 5.69 Å². The second kappa shape index (κ2) is 5.52. The van der Waals surface area contributed by atoms with Crippen LogP contribution in [0.5, 0.6) is 0 Å². The predicted octanol–water partition coefficient (Wildman–Crippen LogP) is 3.19. The number of hydrogen-bond donors (Lipinski definition) is 1. The Morgan fingerprint density at radius 1 is 1.47 bits per heavy atom. The van der Waals surface area contributed by atoms with Crippen molar-refractivity contribution in [3.8, 4) is 0 Å². The zero-order chi connectivity index (χ0) is 11.4. The van der Waals surface area contributed by atoms with Crippen LogP contribution in [0.3, 0.4) is 0 Å². The third-order valence-corrected chi connectivity index (χ3v) is 3.27. The van der Waals surface area contributed by atoms with E-state index in [1.807, 2.05) is 7.05 Å². The Kier molecular flexibility index (Phi) is 4.61. The van der Waals surface area contributed by atoms with Crippen molar-refractivity contribution in [2.45, 2.75) is 19.9 Å². The Bertz CT molecular complexity index is 325. The zero-order valence-electron chi connectivity index (χ0n) is 9.84. The second-order valence-corrected chi connectivity index (χ2v) is 4.64. The zero-order valence-corrected chi connectivity index (χ0v) is 11.4. The van der Waals surface area contributed by atoms with Crippen LogP contribution < -0.4 is 10.2 Å². The van der Waals surface area contributed by atoms with Crippen LogP contribution in [0.2, 0.25) is 0 Å². The van der Waals surface area contributed by atoms with Gasteiger partial charge < -0.3 is 10.2 Å². The lowest BCUT2D eigenvalue weighted by atomic mass is 10.1. The molecule has 0 amide bonds. The van der Waals surface area contributed by atoms with E-state index >= 15 is 0 Å². The number of halogens is 1. The van der Waals surface area contributed by atoms with Crippen LogP contribution in [0.25, 0.3) is 0 Å². The van der Waals surface area contributed by atoms with Crippen molar-refractivity contribution in [3.63, 3.8) is 0 Å². The Labute approximate surface area is 101 Å². The number of hydrogen-bond acceptors (Lipinski definition) is 2. The van der Waals surface area contributed by atoms with Crippen LogP contribution in [-0.2, 0) is 0 Å². The molecular formula is C12H19BrN2. The molecule has 0 bridgehead atoms. The molecule has 0 fully saturated rings. The maximum Gasteiger partial charge on any atom is 0.0412 e. The first-order valence-corrected chi connectivity index (χ1v) is 6.07. The summed E-state index contributed by atoms with van der Waals surface area (Å²) < 4.78 is 1.13. The minimum Gasteiger partial charge on any atom is -0.375 e. The summed E-state index contributed by atoms with van der Waals surface area (Å²) in [6, 6.07) is 6.80. The lowest BCUT2D eigenvalue weighted by Crippen LogP contribution is -2.21. The van der Waals surface area contributed by atoms with Crippen molar-refractivity contribution in [2.75, 3.05) is 25.5 Å². The molecule has 0 aromatic heterocycles. The fraction of sp³-hybridized carbons (Fsp3) is 0.500. The molecule has 0 spiro atoms. The van der Waals surface area contributed by atoms with Crippen molar-refractivity contribution in [3.05, 3.63) is 28.2 Å². The molecule has 1 atom stereocenters. The molecular weight excluding hydrogens is 252 g/mol. The van der Waals surface area contributed by atoms with Gasteiger partial charge in [-0.3, -0.25) is 0 Å². The van der Waals surface area contributed by atoms with Crippen LogP contribution in [0.1, 0.15) is 25.5 Å². The Hall–Kier alpha value is -0.540. The van der Waals surface area contributed by atoms with E-state index in [1.54, 1.807) is 0 Å². The summed E-state index contributed by atoms with van der Waals surface area (Å²) in [7, 11) is 4.11. The van der Waals surface area contributed by atoms with Crippen LogP contribution in [-0.4, -0.2) is 20.6 Å². The largest absolute Gasteiger partial charge is 0.375 e. The van der Waals surface area contributed by atoms with Crippen LogP contribution in [0.15, 0.2) is 22.7 Å². The molecule has 3 heteroatoms. The summed E-state index contributed by atoms with van der Waals surface area (Å²) in [6.45, 7) is 5.36. The Balaban J connectivity index is 3.14. The highest BCUT2D eigenvalue weighted by molar-refractivity contribution is 9.10. The van der Waals surface area contributed by atoms with Crippen molar-refractivity contribution in [1.82, 2.24) is 5.32 Å². The molecule has 1 aromatic carbocycles. The number of anilines is 1. The van der Waals surface area contributed by atoms with Gasteiger partial charge in [-0.25, -0.2) is 0 Å².